The van der Waals surface area contributed by atoms with Crippen molar-refractivity contribution in [3.63, 3.8) is 0 Å². The lowest BCUT2D eigenvalue weighted by atomic mass is 9.77. The summed E-state index contributed by atoms with van der Waals surface area (Å²) in [5.41, 5.74) is 1.05. The highest BCUT2D eigenvalue weighted by Gasteiger charge is 2.42. The van der Waals surface area contributed by atoms with Gasteiger partial charge in [-0.15, -0.1) is 0 Å². The first-order valence-corrected chi connectivity index (χ1v) is 16.6. The van der Waals surface area contributed by atoms with E-state index < -0.39 is 31.3 Å². The minimum absolute atomic E-state index is 0.0607. The van der Waals surface area contributed by atoms with E-state index in [1.165, 1.54) is 75.6 Å². The molecule has 10 heteroatoms. The van der Waals surface area contributed by atoms with Crippen LogP contribution in [0.2, 0.25) is 0 Å². The zero-order valence-corrected chi connectivity index (χ0v) is 26.7. The molecule has 0 amide bonds. The first-order valence-electron chi connectivity index (χ1n) is 16.6. The number of hydrogen-bond donors (Lipinski definition) is 0. The molecule has 2 aromatic carbocycles. The maximum Gasteiger partial charge on any atom is 0.493 e. The molecule has 6 nitrogen and oxygen atoms in total. The van der Waals surface area contributed by atoms with Crippen molar-refractivity contribution in [1.82, 2.24) is 0 Å². The second-order valence-electron chi connectivity index (χ2n) is 11.9. The molecular formula is C35H48BF3O6. The largest absolute Gasteiger partial charge is 0.493 e. The van der Waals surface area contributed by atoms with Gasteiger partial charge in [0.1, 0.15) is 5.75 Å². The molecule has 0 aromatic heterocycles. The van der Waals surface area contributed by atoms with Crippen LogP contribution in [0, 0.1) is 5.92 Å². The van der Waals surface area contributed by atoms with Crippen molar-refractivity contribution in [2.45, 2.75) is 116 Å². The van der Waals surface area contributed by atoms with E-state index in [0.29, 0.717) is 37.5 Å². The maximum atomic E-state index is 13.4. The van der Waals surface area contributed by atoms with Gasteiger partial charge in [0.05, 0.1) is 11.1 Å². The number of alkyl halides is 3. The van der Waals surface area contributed by atoms with Crippen LogP contribution in [0.5, 0.6) is 5.75 Å². The summed E-state index contributed by atoms with van der Waals surface area (Å²) in [6, 6.07) is 12.0. The smallest absolute Gasteiger partial charge is 0.449 e. The number of carbonyl (C=O) groups excluding carboxylic acids is 2. The van der Waals surface area contributed by atoms with E-state index in [2.05, 4.69) is 6.92 Å². The van der Waals surface area contributed by atoms with Crippen molar-refractivity contribution in [3.8, 4) is 5.75 Å². The fourth-order valence-corrected chi connectivity index (χ4v) is 5.31. The molecule has 1 heterocycles. The Morgan fingerprint density at radius 3 is 1.84 bits per heavy atom. The Morgan fingerprint density at radius 2 is 1.27 bits per heavy atom. The van der Waals surface area contributed by atoms with Gasteiger partial charge in [-0.25, -0.2) is 9.59 Å². The second kappa shape index (κ2) is 19.6. The third kappa shape index (κ3) is 13.2. The molecule has 1 unspecified atom stereocenters. The molecule has 3 rings (SSSR count). The Bertz CT molecular complexity index is 1130. The molecule has 1 saturated heterocycles. The molecule has 1 aliphatic heterocycles. The average molecular weight is 633 g/mol. The van der Waals surface area contributed by atoms with Gasteiger partial charge in [0.2, 0.25) is 0 Å². The van der Waals surface area contributed by atoms with Crippen molar-refractivity contribution in [3.05, 3.63) is 59.7 Å². The fraction of sp³-hybridized carbons (Fsp3) is 0.600. The highest BCUT2D eigenvalue weighted by Crippen LogP contribution is 2.28. The van der Waals surface area contributed by atoms with Gasteiger partial charge in [-0.2, -0.15) is 13.2 Å². The second-order valence-corrected chi connectivity index (χ2v) is 11.9. The molecule has 0 N–H and O–H groups in total. The quantitative estimate of drug-likeness (QED) is 0.0667. The Morgan fingerprint density at radius 1 is 0.756 bits per heavy atom. The Kier molecular flexibility index (Phi) is 16.0. The Balaban J connectivity index is 1.40. The molecule has 45 heavy (non-hydrogen) atoms. The molecule has 0 radical (unpaired) electrons. The van der Waals surface area contributed by atoms with Crippen LogP contribution in [-0.4, -0.2) is 44.6 Å². The summed E-state index contributed by atoms with van der Waals surface area (Å²) in [7, 11) is -0.481. The third-order valence-corrected chi connectivity index (χ3v) is 8.09. The topological polar surface area (TPSA) is 71.1 Å². The summed E-state index contributed by atoms with van der Waals surface area (Å²) in [6.07, 6.45) is 7.05. The van der Waals surface area contributed by atoms with E-state index in [9.17, 15) is 22.8 Å². The minimum atomic E-state index is -4.64. The molecule has 248 valence electrons. The number of rotatable bonds is 19. The Labute approximate surface area is 266 Å². The normalized spacial score (nSPS) is 14.7. The van der Waals surface area contributed by atoms with Gasteiger partial charge in [-0.05, 0) is 61.1 Å². The van der Waals surface area contributed by atoms with Gasteiger partial charge in [0.25, 0.3) is 0 Å². The summed E-state index contributed by atoms with van der Waals surface area (Å²) in [6.45, 7) is 5.49. The van der Waals surface area contributed by atoms with Crippen LogP contribution in [-0.2, 0) is 14.0 Å². The van der Waals surface area contributed by atoms with Crippen molar-refractivity contribution < 1.29 is 41.5 Å². The number of carbonyl (C=O) groups is 2. The molecule has 0 bridgehead atoms. The first-order chi connectivity index (χ1) is 21.7. The van der Waals surface area contributed by atoms with Crippen LogP contribution in [0.4, 0.5) is 13.2 Å². The maximum absolute atomic E-state index is 13.4. The van der Waals surface area contributed by atoms with Gasteiger partial charge >= 0.3 is 25.2 Å². The molecule has 2 aromatic rings. The molecule has 0 spiro atoms. The third-order valence-electron chi connectivity index (χ3n) is 8.09. The highest BCUT2D eigenvalue weighted by atomic mass is 19.4. The zero-order valence-electron chi connectivity index (χ0n) is 26.7. The van der Waals surface area contributed by atoms with E-state index >= 15 is 0 Å². The van der Waals surface area contributed by atoms with Crippen molar-refractivity contribution in [2.24, 2.45) is 5.92 Å². The van der Waals surface area contributed by atoms with Gasteiger partial charge in [0, 0.05) is 19.1 Å². The van der Waals surface area contributed by atoms with E-state index in [1.807, 2.05) is 6.92 Å². The van der Waals surface area contributed by atoms with Crippen LogP contribution in [0.15, 0.2) is 48.5 Å². The summed E-state index contributed by atoms with van der Waals surface area (Å²) in [5, 5.41) is 0. The summed E-state index contributed by atoms with van der Waals surface area (Å²) in [5.74, 6) is -1.15. The lowest BCUT2D eigenvalue weighted by Crippen LogP contribution is -2.44. The van der Waals surface area contributed by atoms with Crippen molar-refractivity contribution >= 4 is 24.5 Å². The van der Waals surface area contributed by atoms with Gasteiger partial charge in [0.15, 0.2) is 6.10 Å². The van der Waals surface area contributed by atoms with E-state index in [0.717, 1.165) is 24.7 Å². The number of ether oxygens (including phenoxy) is 2. The first kappa shape index (κ1) is 36.6. The van der Waals surface area contributed by atoms with Crippen molar-refractivity contribution in [2.75, 3.05) is 13.2 Å². The molecule has 0 saturated carbocycles. The monoisotopic (exact) mass is 632 g/mol. The van der Waals surface area contributed by atoms with Gasteiger partial charge in [-0.3, -0.25) is 0 Å². The number of halogens is 3. The van der Waals surface area contributed by atoms with Crippen LogP contribution in [0.1, 0.15) is 124 Å². The van der Waals surface area contributed by atoms with Crippen molar-refractivity contribution in [1.29, 1.82) is 0 Å². The number of esters is 2. The number of unbranched alkanes of at least 4 members (excludes halogenated alkanes) is 10. The minimum Gasteiger partial charge on any atom is -0.449 e. The van der Waals surface area contributed by atoms with E-state index in [4.69, 9.17) is 18.8 Å². The number of benzene rings is 2. The summed E-state index contributed by atoms with van der Waals surface area (Å²) in [4.78, 5) is 25.1. The Hall–Kier alpha value is -2.85. The molecule has 1 aliphatic rings. The summed E-state index contributed by atoms with van der Waals surface area (Å²) < 4.78 is 62.2. The molecular weight excluding hydrogens is 584 g/mol. The molecule has 0 aliphatic carbocycles. The van der Waals surface area contributed by atoms with Gasteiger partial charge < -0.3 is 18.8 Å². The van der Waals surface area contributed by atoms with E-state index in [1.54, 1.807) is 24.3 Å². The van der Waals surface area contributed by atoms with Crippen LogP contribution >= 0.6 is 0 Å². The predicted molar refractivity (Wildman–Crippen MR) is 170 cm³/mol. The predicted octanol–water partition coefficient (Wildman–Crippen LogP) is 8.85. The fourth-order valence-electron chi connectivity index (χ4n) is 5.31. The summed E-state index contributed by atoms with van der Waals surface area (Å²) >= 11 is 0. The SMILES string of the molecule is CCCCCCCCCCC1COB(c2ccc(C(=O)Oc3ccc(C(=O)OC(CCCCCC)C(F)(F)F)cc3)cc2)OC1. The highest BCUT2D eigenvalue weighted by molar-refractivity contribution is 6.61. The lowest BCUT2D eigenvalue weighted by Gasteiger charge is -2.27. The molecule has 1 atom stereocenters. The molecule has 1 fully saturated rings. The van der Waals surface area contributed by atoms with Crippen LogP contribution in [0.3, 0.4) is 0 Å². The van der Waals surface area contributed by atoms with Gasteiger partial charge in [-0.1, -0.05) is 96.6 Å². The lowest BCUT2D eigenvalue weighted by molar-refractivity contribution is -0.206. The number of hydrogen-bond acceptors (Lipinski definition) is 6. The average Bonchev–Trinajstić information content (AvgIpc) is 3.04. The zero-order chi connectivity index (χ0) is 32.5. The van der Waals surface area contributed by atoms with Crippen LogP contribution in [0.25, 0.3) is 0 Å². The van der Waals surface area contributed by atoms with Crippen LogP contribution < -0.4 is 10.2 Å². The standard InChI is InChI=1S/C35H48BF3O6/c1-3-5-7-9-10-11-12-13-15-27-25-42-36(43-26-27)30-21-17-28(18-22-30)33(40)44-31-23-19-29(20-24-31)34(41)45-32(35(37,38)39)16-14-8-6-4-2/h17-24,27,32H,3-16,25-26H2,1-2H3. The van der Waals surface area contributed by atoms with E-state index in [-0.39, 0.29) is 17.7 Å².